The molecule has 0 unspecified atom stereocenters. The van der Waals surface area contributed by atoms with E-state index in [0.717, 1.165) is 12.0 Å². The van der Waals surface area contributed by atoms with Crippen LogP contribution in [0.25, 0.3) is 11.1 Å². The van der Waals surface area contributed by atoms with Crippen LogP contribution < -0.4 is 16.0 Å². The fourth-order valence-electron chi connectivity index (χ4n) is 5.12. The van der Waals surface area contributed by atoms with Crippen molar-refractivity contribution in [1.82, 2.24) is 25.1 Å². The number of aromatic nitrogens is 4. The number of anilines is 4. The molecule has 0 bridgehead atoms. The van der Waals surface area contributed by atoms with Gasteiger partial charge in [-0.2, -0.15) is 23.3 Å². The maximum atomic E-state index is 14.0. The minimum atomic E-state index is -4.81. The number of nitrogens with one attached hydrogen (secondary N) is 3. The third-order valence-electron chi connectivity index (χ3n) is 7.66. The van der Waals surface area contributed by atoms with E-state index in [1.807, 2.05) is 13.1 Å². The summed E-state index contributed by atoms with van der Waals surface area (Å²) in [4.78, 5) is 40.8. The Morgan fingerprint density at radius 3 is 2.24 bits per heavy atom. The number of alkyl halides is 3. The van der Waals surface area contributed by atoms with Gasteiger partial charge in [0.1, 0.15) is 11.4 Å². The second-order valence-electron chi connectivity index (χ2n) is 10.4. The first-order valence-corrected chi connectivity index (χ1v) is 15.9. The van der Waals surface area contributed by atoms with Crippen LogP contribution in [0.1, 0.15) is 61.5 Å². The molecule has 15 heteroatoms. The average molecular weight is 646 g/mol. The largest absolute Gasteiger partial charge is 0.421 e. The predicted octanol–water partition coefficient (Wildman–Crippen LogP) is 6.81. The molecular weight excluding hydrogens is 610 g/mol. The number of nitrogens with zero attached hydrogens (tertiary/aromatic N) is 4. The maximum Gasteiger partial charge on any atom is 0.421 e. The lowest BCUT2D eigenvalue weighted by atomic mass is 9.92. The summed E-state index contributed by atoms with van der Waals surface area (Å²) < 4.78 is 56.1. The van der Waals surface area contributed by atoms with E-state index in [2.05, 4.69) is 31.0 Å². The topological polar surface area (TPSA) is 154 Å². The summed E-state index contributed by atoms with van der Waals surface area (Å²) >= 11 is 0. The van der Waals surface area contributed by atoms with E-state index in [0.29, 0.717) is 29.6 Å². The molecule has 0 saturated heterocycles. The Bertz CT molecular complexity index is 1700. The van der Waals surface area contributed by atoms with E-state index in [4.69, 9.17) is 0 Å². The predicted molar refractivity (Wildman–Crippen MR) is 166 cm³/mol. The molecule has 0 fully saturated rings. The van der Waals surface area contributed by atoms with Crippen molar-refractivity contribution >= 4 is 36.6 Å². The van der Waals surface area contributed by atoms with Crippen LogP contribution in [0, 0.1) is 0 Å². The molecule has 2 heterocycles. The summed E-state index contributed by atoms with van der Waals surface area (Å²) in [7, 11) is -3.08. The SMILES string of the molecule is CCCn1cc(-c2ccc(Nc3nc(Nc4ccc(C(CC)(CC)P(=O)(O)O)cc4)ncc3C(F)(F)F)c(C(=O)NC)c2)cn1. The Balaban J connectivity index is 1.68. The Hall–Kier alpha value is -4.26. The van der Waals surface area contributed by atoms with Gasteiger partial charge in [-0.1, -0.05) is 39.0 Å². The van der Waals surface area contributed by atoms with Crippen molar-refractivity contribution in [1.29, 1.82) is 0 Å². The first-order valence-electron chi connectivity index (χ1n) is 14.3. The fraction of sp³-hybridized carbons (Fsp3) is 0.333. The molecule has 0 radical (unpaired) electrons. The molecule has 2 aromatic carbocycles. The molecule has 4 rings (SSSR count). The van der Waals surface area contributed by atoms with Crippen LogP contribution in [-0.2, 0) is 22.4 Å². The summed E-state index contributed by atoms with van der Waals surface area (Å²) in [6, 6.07) is 10.9. The van der Waals surface area contributed by atoms with Crippen LogP contribution in [0.15, 0.2) is 61.1 Å². The molecule has 240 valence electrons. The molecule has 1 amide bonds. The molecule has 0 aliphatic heterocycles. The number of carbonyl (C=O) groups excluding carboxylic acids is 1. The molecule has 45 heavy (non-hydrogen) atoms. The molecule has 0 saturated carbocycles. The highest BCUT2D eigenvalue weighted by Crippen LogP contribution is 2.60. The van der Waals surface area contributed by atoms with Gasteiger partial charge in [0.15, 0.2) is 0 Å². The molecule has 11 nitrogen and oxygen atoms in total. The van der Waals surface area contributed by atoms with Crippen molar-refractivity contribution in [3.63, 3.8) is 0 Å². The Morgan fingerprint density at radius 2 is 1.67 bits per heavy atom. The number of benzene rings is 2. The Kier molecular flexibility index (Phi) is 10.0. The fourth-order valence-corrected chi connectivity index (χ4v) is 6.43. The monoisotopic (exact) mass is 645 g/mol. The molecule has 0 aliphatic rings. The normalized spacial score (nSPS) is 12.2. The zero-order chi connectivity index (χ0) is 33.0. The summed E-state index contributed by atoms with van der Waals surface area (Å²) in [6.07, 6.45) is 0.597. The number of carbonyl (C=O) groups is 1. The van der Waals surface area contributed by atoms with Crippen LogP contribution in [-0.4, -0.2) is 42.5 Å². The highest BCUT2D eigenvalue weighted by Gasteiger charge is 2.45. The van der Waals surface area contributed by atoms with E-state index < -0.39 is 36.2 Å². The Morgan fingerprint density at radius 1 is 0.978 bits per heavy atom. The maximum absolute atomic E-state index is 14.0. The van der Waals surface area contributed by atoms with Gasteiger partial charge in [-0.05, 0) is 54.7 Å². The first-order chi connectivity index (χ1) is 21.3. The molecule has 0 spiro atoms. The van der Waals surface area contributed by atoms with Gasteiger partial charge in [0.2, 0.25) is 5.95 Å². The van der Waals surface area contributed by atoms with E-state index in [-0.39, 0.29) is 30.0 Å². The lowest BCUT2D eigenvalue weighted by molar-refractivity contribution is -0.137. The molecule has 4 aromatic rings. The van der Waals surface area contributed by atoms with E-state index in [1.165, 1.54) is 13.1 Å². The molecule has 5 N–H and O–H groups in total. The van der Waals surface area contributed by atoms with Gasteiger partial charge in [0, 0.05) is 37.2 Å². The summed E-state index contributed by atoms with van der Waals surface area (Å²) in [5.74, 6) is -1.28. The zero-order valence-corrected chi connectivity index (χ0v) is 26.1. The number of rotatable bonds is 12. The van der Waals surface area contributed by atoms with Gasteiger partial charge < -0.3 is 25.7 Å². The van der Waals surface area contributed by atoms with Gasteiger partial charge in [0.05, 0.1) is 22.6 Å². The summed E-state index contributed by atoms with van der Waals surface area (Å²) in [5.41, 5.74) is 1.25. The standard InChI is InChI=1S/C30H35F3N7O4P/c1-5-14-40-18-20(16-36-40)19-8-13-25(23(15-19)27(41)34-4)38-26-24(30(31,32)33)17-35-28(39-26)37-22-11-9-21(10-12-22)29(6-2,7-3)45(42,43)44/h8-13,15-18H,5-7,14H2,1-4H3,(H,34,41)(H2,42,43,44)(H2,35,37,38,39). The average Bonchev–Trinajstić information content (AvgIpc) is 3.46. The minimum absolute atomic E-state index is 0.0893. The van der Waals surface area contributed by atoms with Crippen molar-refractivity contribution < 1.29 is 32.3 Å². The van der Waals surface area contributed by atoms with Crippen LogP contribution in [0.5, 0.6) is 0 Å². The number of hydrogen-bond donors (Lipinski definition) is 5. The summed E-state index contributed by atoms with van der Waals surface area (Å²) in [5, 5.41) is 11.0. The second kappa shape index (κ2) is 13.4. The number of hydrogen-bond acceptors (Lipinski definition) is 7. The minimum Gasteiger partial charge on any atom is -0.355 e. The number of amides is 1. The van der Waals surface area contributed by atoms with Crippen molar-refractivity contribution in [3.05, 3.63) is 77.7 Å². The van der Waals surface area contributed by atoms with E-state index >= 15 is 0 Å². The quantitative estimate of drug-likeness (QED) is 0.105. The van der Waals surface area contributed by atoms with Crippen molar-refractivity contribution in [3.8, 4) is 11.1 Å². The van der Waals surface area contributed by atoms with Crippen molar-refractivity contribution in [2.24, 2.45) is 0 Å². The second-order valence-corrected chi connectivity index (χ2v) is 12.3. The highest BCUT2D eigenvalue weighted by atomic mass is 31.2. The first kappa shape index (κ1) is 33.6. The zero-order valence-electron chi connectivity index (χ0n) is 25.2. The number of halogens is 3. The van der Waals surface area contributed by atoms with Crippen molar-refractivity contribution in [2.45, 2.75) is 57.9 Å². The highest BCUT2D eigenvalue weighted by molar-refractivity contribution is 7.53. The van der Waals surface area contributed by atoms with Crippen LogP contribution in [0.4, 0.5) is 36.3 Å². The van der Waals surface area contributed by atoms with E-state index in [9.17, 15) is 32.3 Å². The van der Waals surface area contributed by atoms with Gasteiger partial charge in [-0.25, -0.2) is 4.98 Å². The van der Waals surface area contributed by atoms with Crippen molar-refractivity contribution in [2.75, 3.05) is 17.7 Å². The lowest BCUT2D eigenvalue weighted by Crippen LogP contribution is -2.24. The summed E-state index contributed by atoms with van der Waals surface area (Å²) in [6.45, 7) is 6.12. The van der Waals surface area contributed by atoms with Gasteiger partial charge >= 0.3 is 13.8 Å². The molecule has 0 aliphatic carbocycles. The lowest BCUT2D eigenvalue weighted by Gasteiger charge is -2.33. The van der Waals surface area contributed by atoms with Crippen LogP contribution >= 0.6 is 7.60 Å². The molecular formula is C30H35F3N7O4P. The van der Waals surface area contributed by atoms with Gasteiger partial charge in [-0.3, -0.25) is 14.0 Å². The van der Waals surface area contributed by atoms with Crippen LogP contribution in [0.3, 0.4) is 0 Å². The van der Waals surface area contributed by atoms with Crippen LogP contribution in [0.2, 0.25) is 0 Å². The van der Waals surface area contributed by atoms with Gasteiger partial charge in [-0.15, -0.1) is 0 Å². The third-order valence-corrected chi connectivity index (χ3v) is 9.67. The van der Waals surface area contributed by atoms with Gasteiger partial charge in [0.25, 0.3) is 5.91 Å². The van der Waals surface area contributed by atoms with E-state index in [1.54, 1.807) is 61.1 Å². The number of aryl methyl sites for hydroxylation is 1. The molecule has 0 atom stereocenters. The Labute approximate surface area is 258 Å². The molecule has 2 aromatic heterocycles. The third kappa shape index (κ3) is 7.19. The smallest absolute Gasteiger partial charge is 0.355 e.